The smallest absolute Gasteiger partial charge is 0.259 e. The van der Waals surface area contributed by atoms with Crippen molar-refractivity contribution in [1.29, 1.82) is 0 Å². The van der Waals surface area contributed by atoms with Gasteiger partial charge < -0.3 is 20.1 Å². The van der Waals surface area contributed by atoms with Crippen molar-refractivity contribution in [3.63, 3.8) is 0 Å². The van der Waals surface area contributed by atoms with Gasteiger partial charge in [0.05, 0.1) is 32.3 Å². The van der Waals surface area contributed by atoms with Crippen molar-refractivity contribution in [2.75, 3.05) is 10.6 Å². The second-order valence-electron chi connectivity index (χ2n) is 7.92. The quantitative estimate of drug-likeness (QED) is 0.403. The molecule has 0 aromatic heterocycles. The number of fused-ring (bicyclic) bond motifs is 4. The van der Waals surface area contributed by atoms with Crippen LogP contribution in [0.2, 0.25) is 0 Å². The van der Waals surface area contributed by atoms with Crippen LogP contribution in [0.5, 0.6) is 23.0 Å². The fourth-order valence-electron chi connectivity index (χ4n) is 3.96. The number of sulfone groups is 1. The number of hydrogen-bond acceptors (Lipinski definition) is 6. The molecule has 4 aromatic rings. The molecule has 0 aliphatic carbocycles. The Balaban J connectivity index is 1.37. The molecule has 0 spiro atoms. The van der Waals surface area contributed by atoms with E-state index in [1.54, 1.807) is 48.5 Å². The van der Waals surface area contributed by atoms with E-state index in [1.165, 1.54) is 36.4 Å². The van der Waals surface area contributed by atoms with Crippen LogP contribution in [0.4, 0.5) is 11.4 Å². The van der Waals surface area contributed by atoms with Crippen LogP contribution < -0.4 is 20.1 Å². The predicted molar refractivity (Wildman–Crippen MR) is 127 cm³/mol. The molecule has 2 N–H and O–H groups in total. The fourth-order valence-corrected chi connectivity index (χ4v) is 5.28. The SMILES string of the molecule is O=C1Nc2cc(S(=O)(=O)c3ccc4c(c3)NC(=O)c3ccccc3O4)ccc2Oc2ccccc21. The Labute approximate surface area is 200 Å². The first kappa shape index (κ1) is 20.9. The van der Waals surface area contributed by atoms with Gasteiger partial charge in [0.1, 0.15) is 11.5 Å². The summed E-state index contributed by atoms with van der Waals surface area (Å²) in [7, 11) is -4.01. The molecule has 0 radical (unpaired) electrons. The lowest BCUT2D eigenvalue weighted by Gasteiger charge is -2.12. The summed E-state index contributed by atoms with van der Waals surface area (Å²) < 4.78 is 38.6. The van der Waals surface area contributed by atoms with Gasteiger partial charge in [-0.3, -0.25) is 9.59 Å². The lowest BCUT2D eigenvalue weighted by atomic mass is 10.2. The summed E-state index contributed by atoms with van der Waals surface area (Å²) in [6.07, 6.45) is 0. The molecule has 0 atom stereocenters. The van der Waals surface area contributed by atoms with Crippen LogP contribution in [0.3, 0.4) is 0 Å². The number of benzene rings is 4. The van der Waals surface area contributed by atoms with Gasteiger partial charge in [-0.2, -0.15) is 0 Å². The topological polar surface area (TPSA) is 111 Å². The van der Waals surface area contributed by atoms with Gasteiger partial charge in [0, 0.05) is 0 Å². The number of hydrogen-bond donors (Lipinski definition) is 2. The molecule has 2 aliphatic heterocycles. The molecule has 35 heavy (non-hydrogen) atoms. The van der Waals surface area contributed by atoms with Crippen molar-refractivity contribution in [2.45, 2.75) is 9.79 Å². The summed E-state index contributed by atoms with van der Waals surface area (Å²) >= 11 is 0. The van der Waals surface area contributed by atoms with Crippen molar-refractivity contribution in [1.82, 2.24) is 0 Å². The van der Waals surface area contributed by atoms with Crippen molar-refractivity contribution in [2.24, 2.45) is 0 Å². The van der Waals surface area contributed by atoms with Crippen LogP contribution in [0, 0.1) is 0 Å². The summed E-state index contributed by atoms with van der Waals surface area (Å²) in [6.45, 7) is 0. The largest absolute Gasteiger partial charge is 0.454 e. The van der Waals surface area contributed by atoms with E-state index in [0.29, 0.717) is 34.1 Å². The Morgan fingerprint density at radius 3 is 1.43 bits per heavy atom. The molecular formula is C26H16N2O6S. The molecule has 172 valence electrons. The van der Waals surface area contributed by atoms with Crippen molar-refractivity contribution >= 4 is 33.0 Å². The summed E-state index contributed by atoms with van der Waals surface area (Å²) in [5, 5.41) is 5.42. The van der Waals surface area contributed by atoms with E-state index in [4.69, 9.17) is 9.47 Å². The molecule has 0 fully saturated rings. The highest BCUT2D eigenvalue weighted by Crippen LogP contribution is 2.40. The Morgan fingerprint density at radius 2 is 0.971 bits per heavy atom. The van der Waals surface area contributed by atoms with Gasteiger partial charge >= 0.3 is 0 Å². The van der Waals surface area contributed by atoms with Gasteiger partial charge in [-0.1, -0.05) is 24.3 Å². The van der Waals surface area contributed by atoms with Gasteiger partial charge in [-0.05, 0) is 60.7 Å². The molecule has 2 aliphatic rings. The third-order valence-corrected chi connectivity index (χ3v) is 7.47. The molecule has 2 amide bonds. The zero-order valence-electron chi connectivity index (χ0n) is 17.9. The second-order valence-corrected chi connectivity index (χ2v) is 9.87. The maximum atomic E-state index is 13.5. The maximum Gasteiger partial charge on any atom is 0.259 e. The van der Waals surface area contributed by atoms with Gasteiger partial charge in [-0.15, -0.1) is 0 Å². The van der Waals surface area contributed by atoms with Crippen LogP contribution in [0.15, 0.2) is 94.7 Å². The Kier molecular flexibility index (Phi) is 4.61. The summed E-state index contributed by atoms with van der Waals surface area (Å²) in [4.78, 5) is 25.2. The molecule has 2 heterocycles. The van der Waals surface area contributed by atoms with Gasteiger partial charge in [0.15, 0.2) is 11.5 Å². The monoisotopic (exact) mass is 484 g/mol. The number of ether oxygens (including phenoxy) is 2. The molecule has 0 bridgehead atoms. The van der Waals surface area contributed by atoms with Crippen LogP contribution in [0.1, 0.15) is 20.7 Å². The minimum absolute atomic E-state index is 0.0461. The van der Waals surface area contributed by atoms with Gasteiger partial charge in [0.2, 0.25) is 9.84 Å². The number of nitrogens with one attached hydrogen (secondary N) is 2. The van der Waals surface area contributed by atoms with Crippen LogP contribution in [-0.4, -0.2) is 20.2 Å². The molecular weight excluding hydrogens is 468 g/mol. The number of anilines is 2. The minimum atomic E-state index is -4.01. The van der Waals surface area contributed by atoms with Crippen molar-refractivity contribution < 1.29 is 27.5 Å². The molecule has 0 unspecified atom stereocenters. The summed E-state index contributed by atoms with van der Waals surface area (Å²) in [5.74, 6) is 0.589. The first-order valence-electron chi connectivity index (χ1n) is 10.6. The summed E-state index contributed by atoms with van der Waals surface area (Å²) in [6, 6.07) is 22.0. The Bertz CT molecular complexity index is 1550. The van der Waals surface area contributed by atoms with E-state index >= 15 is 0 Å². The first-order valence-corrected chi connectivity index (χ1v) is 12.1. The van der Waals surface area contributed by atoms with Crippen LogP contribution >= 0.6 is 0 Å². The third kappa shape index (κ3) is 3.49. The van der Waals surface area contributed by atoms with Crippen LogP contribution in [-0.2, 0) is 9.84 Å². The van der Waals surface area contributed by atoms with Crippen molar-refractivity contribution in [3.05, 3.63) is 96.1 Å². The number of carbonyl (C=O) groups is 2. The molecule has 9 heteroatoms. The standard InChI is InChI=1S/C26H16N2O6S/c29-25-17-5-1-3-7-21(17)33-23-11-9-15(13-19(23)27-25)35(31,32)16-10-12-24-20(14-16)28-26(30)18-6-2-4-8-22(18)34-24/h1-14H,(H,27,29)(H,28,30). The first-order chi connectivity index (χ1) is 16.9. The minimum Gasteiger partial charge on any atom is -0.454 e. The average molecular weight is 484 g/mol. The third-order valence-electron chi connectivity index (χ3n) is 5.72. The average Bonchev–Trinajstić information content (AvgIpc) is 3.09. The molecule has 8 nitrogen and oxygen atoms in total. The molecule has 4 aromatic carbocycles. The number of rotatable bonds is 2. The zero-order chi connectivity index (χ0) is 24.2. The van der Waals surface area contributed by atoms with E-state index in [2.05, 4.69) is 10.6 Å². The normalized spacial score (nSPS) is 13.8. The molecule has 0 saturated carbocycles. The van der Waals surface area contributed by atoms with E-state index < -0.39 is 21.7 Å². The summed E-state index contributed by atoms with van der Waals surface area (Å²) in [5.41, 5.74) is 1.15. The Hall–Kier alpha value is -4.63. The zero-order valence-corrected chi connectivity index (χ0v) is 18.8. The fraction of sp³-hybridized carbons (Fsp3) is 0. The highest BCUT2D eigenvalue weighted by atomic mass is 32.2. The van der Waals surface area contributed by atoms with E-state index in [-0.39, 0.29) is 21.2 Å². The van der Waals surface area contributed by atoms with E-state index in [1.807, 2.05) is 0 Å². The maximum absolute atomic E-state index is 13.5. The highest BCUT2D eigenvalue weighted by Gasteiger charge is 2.27. The Morgan fingerprint density at radius 1 is 0.543 bits per heavy atom. The highest BCUT2D eigenvalue weighted by molar-refractivity contribution is 7.91. The number of carbonyl (C=O) groups excluding carboxylic acids is 2. The predicted octanol–water partition coefficient (Wildman–Crippen LogP) is 5.24. The molecule has 0 saturated heterocycles. The number of amides is 2. The van der Waals surface area contributed by atoms with Crippen LogP contribution in [0.25, 0.3) is 0 Å². The lowest BCUT2D eigenvalue weighted by Crippen LogP contribution is -2.11. The number of para-hydroxylation sites is 2. The lowest BCUT2D eigenvalue weighted by molar-refractivity contribution is 0.101. The van der Waals surface area contributed by atoms with E-state index in [0.717, 1.165) is 0 Å². The molecule has 6 rings (SSSR count). The van der Waals surface area contributed by atoms with Gasteiger partial charge in [0.25, 0.3) is 11.8 Å². The van der Waals surface area contributed by atoms with E-state index in [9.17, 15) is 18.0 Å². The second kappa shape index (κ2) is 7.71. The van der Waals surface area contributed by atoms with Crippen molar-refractivity contribution in [3.8, 4) is 23.0 Å². The van der Waals surface area contributed by atoms with Gasteiger partial charge in [-0.25, -0.2) is 8.42 Å².